The van der Waals surface area contributed by atoms with E-state index < -0.39 is 6.10 Å². The van der Waals surface area contributed by atoms with Gasteiger partial charge in [0.1, 0.15) is 18.5 Å². The zero-order valence-electron chi connectivity index (χ0n) is 18.3. The van der Waals surface area contributed by atoms with Gasteiger partial charge < -0.3 is 9.84 Å². The molecule has 1 atom stereocenters. The molecule has 0 saturated carbocycles. The number of aliphatic hydroxyl groups excluding tert-OH is 1. The van der Waals surface area contributed by atoms with Crippen molar-refractivity contribution >= 4 is 11.3 Å². The molecule has 0 aliphatic carbocycles. The highest BCUT2D eigenvalue weighted by Gasteiger charge is 2.18. The average Bonchev–Trinajstić information content (AvgIpc) is 3.16. The van der Waals surface area contributed by atoms with E-state index in [-0.39, 0.29) is 0 Å². The number of aryl methyl sites for hydroxylation is 1. The second-order valence-electron chi connectivity index (χ2n) is 8.40. The molecule has 0 unspecified atom stereocenters. The highest BCUT2D eigenvalue weighted by molar-refractivity contribution is 7.09. The Kier molecular flexibility index (Phi) is 7.35. The first kappa shape index (κ1) is 22.0. The number of aromatic nitrogens is 1. The number of thiazole rings is 1. The smallest absolute Gasteiger partial charge is 0.119 e. The molecule has 0 bridgehead atoms. The predicted molar refractivity (Wildman–Crippen MR) is 125 cm³/mol. The predicted octanol–water partition coefficient (Wildman–Crippen LogP) is 3.88. The molecule has 31 heavy (non-hydrogen) atoms. The van der Waals surface area contributed by atoms with Crippen molar-refractivity contribution in [2.75, 3.05) is 26.7 Å². The van der Waals surface area contributed by atoms with Crippen molar-refractivity contribution in [2.24, 2.45) is 0 Å². The molecule has 2 heterocycles. The van der Waals surface area contributed by atoms with Crippen LogP contribution >= 0.6 is 11.3 Å². The number of fused-ring (bicyclic) bond motifs is 1. The van der Waals surface area contributed by atoms with Gasteiger partial charge in [0.15, 0.2) is 0 Å². The highest BCUT2D eigenvalue weighted by Crippen LogP contribution is 2.19. The van der Waals surface area contributed by atoms with E-state index in [1.807, 2.05) is 19.1 Å². The third kappa shape index (κ3) is 6.37. The van der Waals surface area contributed by atoms with E-state index in [2.05, 4.69) is 63.6 Å². The monoisotopic (exact) mass is 437 g/mol. The lowest BCUT2D eigenvalue weighted by atomic mass is 10.00. The fourth-order valence-corrected chi connectivity index (χ4v) is 4.72. The summed E-state index contributed by atoms with van der Waals surface area (Å²) < 4.78 is 5.92. The molecule has 3 aromatic rings. The normalized spacial score (nSPS) is 15.1. The van der Waals surface area contributed by atoms with E-state index >= 15 is 0 Å². The van der Waals surface area contributed by atoms with Crippen molar-refractivity contribution in [3.63, 3.8) is 0 Å². The largest absolute Gasteiger partial charge is 0.491 e. The molecular formula is C25H31N3O2S. The third-order valence-corrected chi connectivity index (χ3v) is 6.39. The molecule has 0 radical (unpaired) electrons. The Balaban J connectivity index is 1.24. The Labute approximate surface area is 188 Å². The summed E-state index contributed by atoms with van der Waals surface area (Å²) in [4.78, 5) is 9.09. The molecule has 0 amide bonds. The van der Waals surface area contributed by atoms with Gasteiger partial charge in [-0.05, 0) is 49.2 Å². The summed E-state index contributed by atoms with van der Waals surface area (Å²) >= 11 is 1.69. The van der Waals surface area contributed by atoms with Crippen molar-refractivity contribution in [3.8, 4) is 5.75 Å². The second-order valence-corrected chi connectivity index (χ2v) is 9.46. The first-order valence-corrected chi connectivity index (χ1v) is 11.7. The van der Waals surface area contributed by atoms with Gasteiger partial charge in [0.2, 0.25) is 0 Å². The Morgan fingerprint density at radius 2 is 2.00 bits per heavy atom. The summed E-state index contributed by atoms with van der Waals surface area (Å²) in [6, 6.07) is 16.7. The number of β-amino-alcohol motifs (C(OH)–C–C–N with tert-alkyl or cyclic N) is 1. The van der Waals surface area contributed by atoms with E-state index in [4.69, 9.17) is 4.74 Å². The molecule has 5 nitrogen and oxygen atoms in total. The van der Waals surface area contributed by atoms with Crippen molar-refractivity contribution in [2.45, 2.75) is 39.1 Å². The molecule has 0 saturated heterocycles. The number of ether oxygens (including phenoxy) is 1. The summed E-state index contributed by atoms with van der Waals surface area (Å²) in [7, 11) is 2.10. The fourth-order valence-electron chi connectivity index (χ4n) is 4.11. The molecule has 4 rings (SSSR count). The van der Waals surface area contributed by atoms with Gasteiger partial charge in [0.25, 0.3) is 0 Å². The molecule has 0 spiro atoms. The van der Waals surface area contributed by atoms with Crippen LogP contribution in [-0.2, 0) is 26.1 Å². The number of rotatable bonds is 9. The molecule has 1 aliphatic heterocycles. The van der Waals surface area contributed by atoms with E-state index in [0.717, 1.165) is 49.1 Å². The van der Waals surface area contributed by atoms with Crippen LogP contribution in [0.1, 0.15) is 27.4 Å². The lowest BCUT2D eigenvalue weighted by Gasteiger charge is -2.30. The molecular weight excluding hydrogens is 406 g/mol. The van der Waals surface area contributed by atoms with Crippen LogP contribution in [0.3, 0.4) is 0 Å². The van der Waals surface area contributed by atoms with Gasteiger partial charge in [-0.1, -0.05) is 36.4 Å². The Morgan fingerprint density at radius 3 is 2.81 bits per heavy atom. The Bertz CT molecular complexity index is 990. The van der Waals surface area contributed by atoms with Crippen molar-refractivity contribution in [3.05, 3.63) is 81.3 Å². The van der Waals surface area contributed by atoms with Crippen LogP contribution in [0.2, 0.25) is 0 Å². The van der Waals surface area contributed by atoms with Crippen LogP contribution in [0.5, 0.6) is 5.75 Å². The van der Waals surface area contributed by atoms with Crippen LogP contribution in [0.25, 0.3) is 0 Å². The zero-order chi connectivity index (χ0) is 21.6. The van der Waals surface area contributed by atoms with Crippen molar-refractivity contribution < 1.29 is 9.84 Å². The minimum absolute atomic E-state index is 0.301. The maximum Gasteiger partial charge on any atom is 0.119 e. The second kappa shape index (κ2) is 10.4. The number of nitrogens with zero attached hydrogens (tertiary/aromatic N) is 3. The van der Waals surface area contributed by atoms with Crippen LogP contribution < -0.4 is 4.74 Å². The standard InChI is InChI=1S/C25H31N3O2S/c1-19-26-23(18-31-19)15-27(2)13-20-6-5-9-25(12-20)30-17-24(29)16-28-11-10-21-7-3-4-8-22(21)14-28/h3-9,12,18,24,29H,10-11,13-17H2,1-2H3/t24-/m0/s1. The summed E-state index contributed by atoms with van der Waals surface area (Å²) in [6.07, 6.45) is 0.532. The summed E-state index contributed by atoms with van der Waals surface area (Å²) in [5.41, 5.74) is 5.10. The third-order valence-electron chi connectivity index (χ3n) is 5.57. The fraction of sp³-hybridized carbons (Fsp3) is 0.400. The maximum absolute atomic E-state index is 10.5. The van der Waals surface area contributed by atoms with Gasteiger partial charge in [-0.3, -0.25) is 9.80 Å². The first-order chi connectivity index (χ1) is 15.0. The highest BCUT2D eigenvalue weighted by atomic mass is 32.1. The molecule has 1 aliphatic rings. The molecule has 1 N–H and O–H groups in total. The van der Waals surface area contributed by atoms with Gasteiger partial charge >= 0.3 is 0 Å². The van der Waals surface area contributed by atoms with Crippen LogP contribution in [0.4, 0.5) is 0 Å². The zero-order valence-corrected chi connectivity index (χ0v) is 19.1. The number of benzene rings is 2. The molecule has 1 aromatic heterocycles. The number of hydrogen-bond donors (Lipinski definition) is 1. The van der Waals surface area contributed by atoms with E-state index in [1.54, 1.807) is 11.3 Å². The van der Waals surface area contributed by atoms with E-state index in [1.165, 1.54) is 16.7 Å². The van der Waals surface area contributed by atoms with Crippen LogP contribution in [-0.4, -0.2) is 52.7 Å². The minimum Gasteiger partial charge on any atom is -0.491 e. The van der Waals surface area contributed by atoms with Gasteiger partial charge in [0.05, 0.1) is 10.7 Å². The number of aliphatic hydroxyl groups is 1. The van der Waals surface area contributed by atoms with Crippen LogP contribution in [0.15, 0.2) is 53.9 Å². The molecule has 164 valence electrons. The lowest BCUT2D eigenvalue weighted by molar-refractivity contribution is 0.0637. The Hall–Kier alpha value is -2.25. The molecule has 6 heteroatoms. The van der Waals surface area contributed by atoms with Gasteiger partial charge in [-0.15, -0.1) is 11.3 Å². The van der Waals surface area contributed by atoms with Gasteiger partial charge in [-0.25, -0.2) is 4.98 Å². The number of hydrogen-bond acceptors (Lipinski definition) is 6. The maximum atomic E-state index is 10.5. The van der Waals surface area contributed by atoms with Crippen molar-refractivity contribution in [1.82, 2.24) is 14.8 Å². The molecule has 2 aromatic carbocycles. The SMILES string of the molecule is Cc1nc(CN(C)Cc2cccc(OC[C@@H](O)CN3CCc4ccccc4C3)c2)cs1. The summed E-state index contributed by atoms with van der Waals surface area (Å²) in [5.74, 6) is 0.804. The molecule has 0 fully saturated rings. The van der Waals surface area contributed by atoms with E-state index in [9.17, 15) is 5.11 Å². The average molecular weight is 438 g/mol. The quantitative estimate of drug-likeness (QED) is 0.551. The topological polar surface area (TPSA) is 48.8 Å². The van der Waals surface area contributed by atoms with Crippen molar-refractivity contribution in [1.29, 1.82) is 0 Å². The minimum atomic E-state index is -0.510. The first-order valence-electron chi connectivity index (χ1n) is 10.8. The van der Waals surface area contributed by atoms with Gasteiger partial charge in [0, 0.05) is 38.1 Å². The summed E-state index contributed by atoms with van der Waals surface area (Å²) in [5, 5.41) is 13.7. The Morgan fingerprint density at radius 1 is 1.16 bits per heavy atom. The lowest BCUT2D eigenvalue weighted by Crippen LogP contribution is -2.38. The summed E-state index contributed by atoms with van der Waals surface area (Å²) in [6.45, 7) is 6.49. The van der Waals surface area contributed by atoms with E-state index in [0.29, 0.717) is 13.2 Å². The van der Waals surface area contributed by atoms with Crippen LogP contribution in [0, 0.1) is 6.92 Å². The van der Waals surface area contributed by atoms with Gasteiger partial charge in [-0.2, -0.15) is 0 Å².